The lowest BCUT2D eigenvalue weighted by Crippen LogP contribution is -1.85. The molecule has 0 aliphatic carbocycles. The van der Waals surface area contributed by atoms with Crippen LogP contribution < -0.4 is 4.74 Å². The molecular formula is C8H8O3. The van der Waals surface area contributed by atoms with Gasteiger partial charge in [0.05, 0.1) is 6.61 Å². The third kappa shape index (κ3) is 0.808. The van der Waals surface area contributed by atoms with E-state index in [1.54, 1.807) is 6.07 Å². The van der Waals surface area contributed by atoms with Gasteiger partial charge in [0.25, 0.3) is 0 Å². The van der Waals surface area contributed by atoms with Crippen molar-refractivity contribution in [3.63, 3.8) is 0 Å². The maximum Gasteiger partial charge on any atom is 0.164 e. The van der Waals surface area contributed by atoms with Gasteiger partial charge in [0.15, 0.2) is 11.5 Å². The quantitative estimate of drug-likeness (QED) is 0.546. The highest BCUT2D eigenvalue weighted by molar-refractivity contribution is 5.53. The van der Waals surface area contributed by atoms with E-state index in [9.17, 15) is 5.11 Å². The molecule has 0 amide bonds. The van der Waals surface area contributed by atoms with Crippen molar-refractivity contribution >= 4 is 0 Å². The Morgan fingerprint density at radius 2 is 2.09 bits per heavy atom. The van der Waals surface area contributed by atoms with E-state index in [1.807, 2.05) is 0 Å². The number of phenols is 2. The van der Waals surface area contributed by atoms with Crippen LogP contribution in [-0.2, 0) is 6.42 Å². The minimum Gasteiger partial charge on any atom is -0.504 e. The minimum atomic E-state index is -0.0748. The Morgan fingerprint density at radius 3 is 2.91 bits per heavy atom. The second-order valence-corrected chi connectivity index (χ2v) is 2.51. The van der Waals surface area contributed by atoms with Gasteiger partial charge in [-0.2, -0.15) is 0 Å². The molecule has 0 spiro atoms. The molecule has 2 rings (SSSR count). The second kappa shape index (κ2) is 2.05. The predicted molar refractivity (Wildman–Crippen MR) is 39.0 cm³/mol. The van der Waals surface area contributed by atoms with Crippen LogP contribution in [0.2, 0.25) is 0 Å². The summed E-state index contributed by atoms with van der Waals surface area (Å²) in [6.07, 6.45) is 0.676. The maximum atomic E-state index is 9.29. The molecule has 0 bridgehead atoms. The molecule has 3 nitrogen and oxygen atoms in total. The van der Waals surface area contributed by atoms with Gasteiger partial charge in [0.2, 0.25) is 0 Å². The van der Waals surface area contributed by atoms with E-state index >= 15 is 0 Å². The Labute approximate surface area is 63.9 Å². The topological polar surface area (TPSA) is 49.7 Å². The van der Waals surface area contributed by atoms with Crippen molar-refractivity contribution < 1.29 is 14.9 Å². The highest BCUT2D eigenvalue weighted by Crippen LogP contribution is 2.38. The molecule has 0 fully saturated rings. The van der Waals surface area contributed by atoms with Gasteiger partial charge in [-0.15, -0.1) is 0 Å². The molecule has 1 aromatic rings. The zero-order chi connectivity index (χ0) is 7.84. The fourth-order valence-electron chi connectivity index (χ4n) is 1.25. The van der Waals surface area contributed by atoms with Crippen molar-refractivity contribution in [3.8, 4) is 17.2 Å². The fourth-order valence-corrected chi connectivity index (χ4v) is 1.25. The molecule has 58 valence electrons. The Bertz CT molecular complexity index is 294. The Balaban J connectivity index is 2.62. The van der Waals surface area contributed by atoms with Crippen LogP contribution in [0.25, 0.3) is 0 Å². The first kappa shape index (κ1) is 6.34. The molecule has 11 heavy (non-hydrogen) atoms. The SMILES string of the molecule is Oc1ccc2c(c1O)CCO2. The molecule has 0 radical (unpaired) electrons. The first-order valence-corrected chi connectivity index (χ1v) is 3.45. The molecule has 1 aliphatic rings. The van der Waals surface area contributed by atoms with E-state index in [1.165, 1.54) is 6.07 Å². The Morgan fingerprint density at radius 1 is 1.27 bits per heavy atom. The molecule has 1 aromatic carbocycles. The summed E-state index contributed by atoms with van der Waals surface area (Å²) in [5, 5.41) is 18.4. The fraction of sp³-hybridized carbons (Fsp3) is 0.250. The number of ether oxygens (including phenoxy) is 1. The molecule has 0 saturated carbocycles. The molecule has 0 aromatic heterocycles. The van der Waals surface area contributed by atoms with Crippen LogP contribution in [0.4, 0.5) is 0 Å². The monoisotopic (exact) mass is 152 g/mol. The van der Waals surface area contributed by atoms with Crippen molar-refractivity contribution in [2.24, 2.45) is 0 Å². The number of rotatable bonds is 0. The van der Waals surface area contributed by atoms with Crippen LogP contribution in [0.1, 0.15) is 5.56 Å². The maximum absolute atomic E-state index is 9.29. The molecule has 3 heteroatoms. The van der Waals surface area contributed by atoms with E-state index in [2.05, 4.69) is 0 Å². The van der Waals surface area contributed by atoms with Gasteiger partial charge < -0.3 is 14.9 Å². The third-order valence-corrected chi connectivity index (χ3v) is 1.83. The zero-order valence-electron chi connectivity index (χ0n) is 5.87. The average Bonchev–Trinajstić information content (AvgIpc) is 2.45. The number of hydrogen-bond acceptors (Lipinski definition) is 3. The lowest BCUT2D eigenvalue weighted by molar-refractivity contribution is 0.356. The van der Waals surface area contributed by atoms with E-state index in [4.69, 9.17) is 9.84 Å². The first-order valence-electron chi connectivity index (χ1n) is 3.45. The molecule has 2 N–H and O–H groups in total. The summed E-state index contributed by atoms with van der Waals surface area (Å²) in [6.45, 7) is 0.590. The van der Waals surface area contributed by atoms with Crippen molar-refractivity contribution in [1.82, 2.24) is 0 Å². The summed E-state index contributed by atoms with van der Waals surface area (Å²) in [6, 6.07) is 3.09. The highest BCUT2D eigenvalue weighted by atomic mass is 16.5. The molecule has 1 aliphatic heterocycles. The summed E-state index contributed by atoms with van der Waals surface area (Å²) in [5.74, 6) is 0.564. The van der Waals surface area contributed by atoms with Crippen LogP contribution >= 0.6 is 0 Å². The lowest BCUT2D eigenvalue weighted by atomic mass is 10.1. The average molecular weight is 152 g/mol. The zero-order valence-corrected chi connectivity index (χ0v) is 5.87. The van der Waals surface area contributed by atoms with Crippen LogP contribution in [0.15, 0.2) is 12.1 Å². The van der Waals surface area contributed by atoms with Gasteiger partial charge in [-0.05, 0) is 12.1 Å². The summed E-state index contributed by atoms with van der Waals surface area (Å²) in [4.78, 5) is 0. The predicted octanol–water partition coefficient (Wildman–Crippen LogP) is 1.03. The van der Waals surface area contributed by atoms with Crippen molar-refractivity contribution in [2.75, 3.05) is 6.61 Å². The number of phenolic OH excluding ortho intramolecular Hbond substituents is 2. The van der Waals surface area contributed by atoms with Gasteiger partial charge in [0, 0.05) is 12.0 Å². The van der Waals surface area contributed by atoms with E-state index < -0.39 is 0 Å². The molecule has 1 heterocycles. The largest absolute Gasteiger partial charge is 0.504 e. The summed E-state index contributed by atoms with van der Waals surface area (Å²) >= 11 is 0. The minimum absolute atomic E-state index is 0.0417. The molecular weight excluding hydrogens is 144 g/mol. The van der Waals surface area contributed by atoms with Gasteiger partial charge >= 0.3 is 0 Å². The van der Waals surface area contributed by atoms with Crippen molar-refractivity contribution in [2.45, 2.75) is 6.42 Å². The van der Waals surface area contributed by atoms with Crippen LogP contribution in [0.5, 0.6) is 17.2 Å². The molecule has 0 atom stereocenters. The second-order valence-electron chi connectivity index (χ2n) is 2.51. The Hall–Kier alpha value is -1.38. The first-order chi connectivity index (χ1) is 5.29. The van der Waals surface area contributed by atoms with Gasteiger partial charge in [0.1, 0.15) is 5.75 Å². The smallest absolute Gasteiger partial charge is 0.164 e. The molecule has 0 saturated heterocycles. The van der Waals surface area contributed by atoms with Crippen molar-refractivity contribution in [3.05, 3.63) is 17.7 Å². The van der Waals surface area contributed by atoms with Crippen molar-refractivity contribution in [1.29, 1.82) is 0 Å². The highest BCUT2D eigenvalue weighted by Gasteiger charge is 2.17. The summed E-state index contributed by atoms with van der Waals surface area (Å²) in [7, 11) is 0. The van der Waals surface area contributed by atoms with Gasteiger partial charge in [-0.25, -0.2) is 0 Å². The third-order valence-electron chi connectivity index (χ3n) is 1.83. The van der Waals surface area contributed by atoms with Gasteiger partial charge in [-0.3, -0.25) is 0 Å². The number of benzene rings is 1. The van der Waals surface area contributed by atoms with Crippen LogP contribution in [-0.4, -0.2) is 16.8 Å². The standard InChI is InChI=1S/C8H8O3/c9-6-1-2-7-5(8(6)10)3-4-11-7/h1-2,9-10H,3-4H2. The summed E-state index contributed by atoms with van der Waals surface area (Å²) < 4.78 is 5.16. The summed E-state index contributed by atoms with van der Waals surface area (Å²) in [5.41, 5.74) is 0.713. The molecule has 0 unspecified atom stereocenters. The Kier molecular flexibility index (Phi) is 1.18. The number of fused-ring (bicyclic) bond motifs is 1. The van der Waals surface area contributed by atoms with Crippen LogP contribution in [0, 0.1) is 0 Å². The lowest BCUT2D eigenvalue weighted by Gasteiger charge is -2.01. The van der Waals surface area contributed by atoms with E-state index in [0.29, 0.717) is 24.3 Å². The van der Waals surface area contributed by atoms with Gasteiger partial charge in [-0.1, -0.05) is 0 Å². The normalized spacial score (nSPS) is 14.2. The number of aromatic hydroxyl groups is 2. The number of hydrogen-bond donors (Lipinski definition) is 2. The van der Waals surface area contributed by atoms with E-state index in [0.717, 1.165) is 0 Å². The van der Waals surface area contributed by atoms with Crippen LogP contribution in [0.3, 0.4) is 0 Å². The van der Waals surface area contributed by atoms with E-state index in [-0.39, 0.29) is 11.5 Å².